The Labute approximate surface area is 78.1 Å². The lowest BCUT2D eigenvalue weighted by atomic mass is 10.2. The van der Waals surface area contributed by atoms with Crippen LogP contribution in [0.15, 0.2) is 0 Å². The number of carbonyl (C=O) groups excluding carboxylic acids is 1. The summed E-state index contributed by atoms with van der Waals surface area (Å²) in [7, 11) is 1.63. The molecule has 1 rings (SSSR count). The van der Waals surface area contributed by atoms with Gasteiger partial charge in [-0.3, -0.25) is 9.69 Å². The van der Waals surface area contributed by atoms with Crippen LogP contribution in [-0.4, -0.2) is 61.8 Å². The zero-order chi connectivity index (χ0) is 9.68. The van der Waals surface area contributed by atoms with Gasteiger partial charge in [-0.15, -0.1) is 0 Å². The molecule has 0 saturated carbocycles. The van der Waals surface area contributed by atoms with Crippen LogP contribution in [0.1, 0.15) is 0 Å². The average Bonchev–Trinajstić information content (AvgIpc) is 2.18. The summed E-state index contributed by atoms with van der Waals surface area (Å²) in [6.45, 7) is 3.04. The Bertz CT molecular complexity index is 173. The number of piperazine rings is 1. The molecule has 1 fully saturated rings. The molecule has 0 aliphatic carbocycles. The summed E-state index contributed by atoms with van der Waals surface area (Å²) in [6, 6.07) is -0.133. The summed E-state index contributed by atoms with van der Waals surface area (Å²) >= 11 is 0. The first-order chi connectivity index (χ1) is 6.29. The second-order valence-electron chi connectivity index (χ2n) is 3.09. The molecule has 0 aromatic rings. The fourth-order valence-corrected chi connectivity index (χ4v) is 1.57. The molecule has 1 heterocycles. The Hall–Kier alpha value is -0.650. The molecule has 1 saturated heterocycles. The zero-order valence-corrected chi connectivity index (χ0v) is 7.92. The SMILES string of the molecule is CNC(=O)C1CNCCN1CCO. The average molecular weight is 187 g/mol. The first-order valence-electron chi connectivity index (χ1n) is 4.57. The molecular weight excluding hydrogens is 170 g/mol. The molecule has 3 N–H and O–H groups in total. The highest BCUT2D eigenvalue weighted by atomic mass is 16.3. The number of aliphatic hydroxyl groups excluding tert-OH is 1. The number of carbonyl (C=O) groups is 1. The Balaban J connectivity index is 2.50. The van der Waals surface area contributed by atoms with E-state index in [1.54, 1.807) is 7.05 Å². The van der Waals surface area contributed by atoms with E-state index in [-0.39, 0.29) is 18.6 Å². The number of likely N-dealkylation sites (N-methyl/N-ethyl adjacent to an activating group) is 1. The Morgan fingerprint density at radius 2 is 2.54 bits per heavy atom. The van der Waals surface area contributed by atoms with Gasteiger partial charge in [0.15, 0.2) is 0 Å². The Kier molecular flexibility index (Phi) is 4.14. The molecular formula is C8H17N3O2. The van der Waals surface area contributed by atoms with Crippen LogP contribution in [0.4, 0.5) is 0 Å². The highest BCUT2D eigenvalue weighted by Crippen LogP contribution is 2.02. The van der Waals surface area contributed by atoms with Crippen molar-refractivity contribution in [2.45, 2.75) is 6.04 Å². The van der Waals surface area contributed by atoms with Gasteiger partial charge in [0.2, 0.25) is 5.91 Å². The van der Waals surface area contributed by atoms with Gasteiger partial charge in [-0.25, -0.2) is 0 Å². The number of hydrogen-bond donors (Lipinski definition) is 3. The van der Waals surface area contributed by atoms with Gasteiger partial charge in [0.1, 0.15) is 6.04 Å². The second-order valence-corrected chi connectivity index (χ2v) is 3.09. The summed E-state index contributed by atoms with van der Waals surface area (Å²) < 4.78 is 0. The lowest BCUT2D eigenvalue weighted by molar-refractivity contribution is -0.126. The lowest BCUT2D eigenvalue weighted by Gasteiger charge is -2.34. The van der Waals surface area contributed by atoms with E-state index in [2.05, 4.69) is 10.6 Å². The predicted octanol–water partition coefficient (Wildman–Crippen LogP) is -2.00. The van der Waals surface area contributed by atoms with Gasteiger partial charge in [0, 0.05) is 33.2 Å². The van der Waals surface area contributed by atoms with Crippen LogP contribution >= 0.6 is 0 Å². The molecule has 5 heteroatoms. The molecule has 0 aromatic carbocycles. The van der Waals surface area contributed by atoms with Crippen LogP contribution in [0.5, 0.6) is 0 Å². The Morgan fingerprint density at radius 3 is 3.15 bits per heavy atom. The van der Waals surface area contributed by atoms with E-state index in [0.29, 0.717) is 13.1 Å². The fourth-order valence-electron chi connectivity index (χ4n) is 1.57. The molecule has 5 nitrogen and oxygen atoms in total. The monoisotopic (exact) mass is 187 g/mol. The molecule has 1 unspecified atom stereocenters. The number of hydrogen-bond acceptors (Lipinski definition) is 4. The number of nitrogens with zero attached hydrogens (tertiary/aromatic N) is 1. The van der Waals surface area contributed by atoms with Crippen LogP contribution in [0.25, 0.3) is 0 Å². The van der Waals surface area contributed by atoms with Gasteiger partial charge in [0.05, 0.1) is 6.61 Å². The first kappa shape index (κ1) is 10.4. The highest BCUT2D eigenvalue weighted by molar-refractivity contribution is 5.81. The third kappa shape index (κ3) is 2.65. The summed E-state index contributed by atoms with van der Waals surface area (Å²) in [5, 5.41) is 14.6. The van der Waals surface area contributed by atoms with Gasteiger partial charge in [-0.05, 0) is 0 Å². The minimum absolute atomic E-state index is 0.0145. The lowest BCUT2D eigenvalue weighted by Crippen LogP contribution is -2.57. The van der Waals surface area contributed by atoms with Crippen LogP contribution in [0.2, 0.25) is 0 Å². The zero-order valence-electron chi connectivity index (χ0n) is 7.92. The molecule has 0 aromatic heterocycles. The van der Waals surface area contributed by atoms with Gasteiger partial charge >= 0.3 is 0 Å². The maximum absolute atomic E-state index is 11.4. The highest BCUT2D eigenvalue weighted by Gasteiger charge is 2.26. The van der Waals surface area contributed by atoms with Crippen LogP contribution < -0.4 is 10.6 Å². The molecule has 1 aliphatic heterocycles. The van der Waals surface area contributed by atoms with Crippen molar-refractivity contribution in [1.82, 2.24) is 15.5 Å². The summed E-state index contributed by atoms with van der Waals surface area (Å²) in [4.78, 5) is 13.4. The molecule has 1 atom stereocenters. The molecule has 13 heavy (non-hydrogen) atoms. The quantitative estimate of drug-likeness (QED) is 0.478. The number of rotatable bonds is 3. The molecule has 0 spiro atoms. The van der Waals surface area contributed by atoms with Crippen molar-refractivity contribution in [3.8, 4) is 0 Å². The van der Waals surface area contributed by atoms with Crippen molar-refractivity contribution >= 4 is 5.91 Å². The predicted molar refractivity (Wildman–Crippen MR) is 49.4 cm³/mol. The number of nitrogens with one attached hydrogen (secondary N) is 2. The third-order valence-corrected chi connectivity index (χ3v) is 2.29. The molecule has 0 bridgehead atoms. The van der Waals surface area contributed by atoms with Crippen molar-refractivity contribution in [3.05, 3.63) is 0 Å². The smallest absolute Gasteiger partial charge is 0.238 e. The molecule has 76 valence electrons. The van der Waals surface area contributed by atoms with Crippen molar-refractivity contribution in [2.24, 2.45) is 0 Å². The van der Waals surface area contributed by atoms with Gasteiger partial charge in [-0.1, -0.05) is 0 Å². The van der Waals surface area contributed by atoms with E-state index >= 15 is 0 Å². The summed E-state index contributed by atoms with van der Waals surface area (Å²) in [6.07, 6.45) is 0. The number of β-amino-alcohol motifs (C(OH)–C–C–N with tert-alkyl or cyclic N) is 1. The van der Waals surface area contributed by atoms with Gasteiger partial charge in [0.25, 0.3) is 0 Å². The summed E-state index contributed by atoms with van der Waals surface area (Å²) in [5.41, 5.74) is 0. The van der Waals surface area contributed by atoms with Crippen LogP contribution in [0, 0.1) is 0 Å². The standard InChI is InChI=1S/C8H17N3O2/c1-9-8(13)7-6-10-2-3-11(7)4-5-12/h7,10,12H,2-6H2,1H3,(H,9,13). The normalized spacial score (nSPS) is 24.3. The number of aliphatic hydroxyl groups is 1. The van der Waals surface area contributed by atoms with Gasteiger partial charge < -0.3 is 15.7 Å². The van der Waals surface area contributed by atoms with E-state index in [4.69, 9.17) is 5.11 Å². The van der Waals surface area contributed by atoms with Crippen molar-refractivity contribution < 1.29 is 9.90 Å². The van der Waals surface area contributed by atoms with Crippen LogP contribution in [-0.2, 0) is 4.79 Å². The van der Waals surface area contributed by atoms with Gasteiger partial charge in [-0.2, -0.15) is 0 Å². The van der Waals surface area contributed by atoms with Crippen molar-refractivity contribution in [2.75, 3.05) is 39.8 Å². The minimum Gasteiger partial charge on any atom is -0.395 e. The maximum Gasteiger partial charge on any atom is 0.238 e. The first-order valence-corrected chi connectivity index (χ1v) is 4.57. The second kappa shape index (κ2) is 5.16. The Morgan fingerprint density at radius 1 is 1.77 bits per heavy atom. The van der Waals surface area contributed by atoms with Crippen molar-refractivity contribution in [1.29, 1.82) is 0 Å². The van der Waals surface area contributed by atoms with E-state index in [9.17, 15) is 4.79 Å². The van der Waals surface area contributed by atoms with E-state index in [1.807, 2.05) is 4.90 Å². The van der Waals surface area contributed by atoms with Crippen LogP contribution in [0.3, 0.4) is 0 Å². The van der Waals surface area contributed by atoms with Crippen molar-refractivity contribution in [3.63, 3.8) is 0 Å². The third-order valence-electron chi connectivity index (χ3n) is 2.29. The minimum atomic E-state index is -0.133. The molecule has 1 aliphatic rings. The largest absolute Gasteiger partial charge is 0.395 e. The molecule has 0 radical (unpaired) electrons. The van der Waals surface area contributed by atoms with E-state index in [1.165, 1.54) is 0 Å². The maximum atomic E-state index is 11.4. The topological polar surface area (TPSA) is 64.6 Å². The van der Waals surface area contributed by atoms with E-state index < -0.39 is 0 Å². The molecule has 1 amide bonds. The number of amides is 1. The fraction of sp³-hybridized carbons (Fsp3) is 0.875. The summed E-state index contributed by atoms with van der Waals surface area (Å²) in [5.74, 6) is 0.0145. The van der Waals surface area contributed by atoms with E-state index in [0.717, 1.165) is 13.1 Å².